The number of carbonyl (C=O) groups is 2. The zero-order valence-electron chi connectivity index (χ0n) is 11.4. The summed E-state index contributed by atoms with van der Waals surface area (Å²) in [5, 5.41) is 30.8. The van der Waals surface area contributed by atoms with Gasteiger partial charge in [-0.2, -0.15) is 0 Å². The van der Waals surface area contributed by atoms with Gasteiger partial charge >= 0.3 is 0 Å². The molecule has 2 saturated carbocycles. The van der Waals surface area contributed by atoms with Crippen molar-refractivity contribution >= 4 is 11.7 Å². The van der Waals surface area contributed by atoms with Crippen LogP contribution in [0.3, 0.4) is 0 Å². The van der Waals surface area contributed by atoms with E-state index in [1.165, 1.54) is 0 Å². The normalized spacial score (nSPS) is 40.9. The van der Waals surface area contributed by atoms with E-state index in [0.717, 1.165) is 19.3 Å². The number of rotatable bonds is 0. The van der Waals surface area contributed by atoms with Crippen molar-refractivity contribution in [1.29, 1.82) is 0 Å². The van der Waals surface area contributed by atoms with Crippen LogP contribution in [0.1, 0.15) is 51.4 Å². The topological polar surface area (TPSA) is 98.1 Å². The van der Waals surface area contributed by atoms with Gasteiger partial charge in [-0.1, -0.05) is 19.3 Å². The average Bonchev–Trinajstić information content (AvgIpc) is 2.61. The number of hydroxylamine groups is 2. The van der Waals surface area contributed by atoms with E-state index < -0.39 is 29.1 Å². The van der Waals surface area contributed by atoms with E-state index in [1.54, 1.807) is 0 Å². The summed E-state index contributed by atoms with van der Waals surface area (Å²) in [5.74, 6) is -0.973. The van der Waals surface area contributed by atoms with Gasteiger partial charge in [-0.15, -0.1) is 0 Å². The Balaban J connectivity index is 2.05. The SMILES string of the molecule is O=C1N(O)[C@]2(CCC[C@H](O)[C@@H]2O)C(=O)C12CCCCC2. The molecule has 1 amide bonds. The second-order valence-corrected chi connectivity index (χ2v) is 6.42. The van der Waals surface area contributed by atoms with Gasteiger partial charge in [-0.05, 0) is 32.1 Å². The summed E-state index contributed by atoms with van der Waals surface area (Å²) < 4.78 is 0. The van der Waals surface area contributed by atoms with E-state index in [2.05, 4.69) is 0 Å². The molecule has 1 saturated heterocycles. The van der Waals surface area contributed by atoms with Crippen molar-refractivity contribution in [3.8, 4) is 0 Å². The Kier molecular flexibility index (Phi) is 3.15. The number of amides is 1. The van der Waals surface area contributed by atoms with Crippen LogP contribution in [0.15, 0.2) is 0 Å². The molecule has 0 unspecified atom stereocenters. The number of aliphatic hydroxyl groups is 2. The predicted molar refractivity (Wildman–Crippen MR) is 67.8 cm³/mol. The van der Waals surface area contributed by atoms with E-state index in [0.29, 0.717) is 30.7 Å². The lowest BCUT2D eigenvalue weighted by molar-refractivity contribution is -0.215. The summed E-state index contributed by atoms with van der Waals surface area (Å²) >= 11 is 0. The first kappa shape index (κ1) is 14.0. The summed E-state index contributed by atoms with van der Waals surface area (Å²) in [4.78, 5) is 25.4. The van der Waals surface area contributed by atoms with Crippen LogP contribution in [-0.2, 0) is 9.59 Å². The quantitative estimate of drug-likeness (QED) is 0.441. The molecule has 3 aliphatic rings. The highest BCUT2D eigenvalue weighted by molar-refractivity contribution is 6.16. The Labute approximate surface area is 117 Å². The molecular weight excluding hydrogens is 262 g/mol. The first-order chi connectivity index (χ1) is 9.47. The molecule has 0 aromatic carbocycles. The average molecular weight is 283 g/mol. The molecule has 0 radical (unpaired) electrons. The number of hydrogen-bond acceptors (Lipinski definition) is 5. The number of aliphatic hydroxyl groups excluding tert-OH is 2. The van der Waals surface area contributed by atoms with E-state index >= 15 is 0 Å². The third-order valence-electron chi connectivity index (χ3n) is 5.43. The van der Waals surface area contributed by atoms with Crippen molar-refractivity contribution in [2.24, 2.45) is 5.41 Å². The van der Waals surface area contributed by atoms with Crippen molar-refractivity contribution in [3.05, 3.63) is 0 Å². The van der Waals surface area contributed by atoms with Gasteiger partial charge in [-0.3, -0.25) is 14.8 Å². The largest absolute Gasteiger partial charge is 0.390 e. The molecule has 2 aliphatic carbocycles. The molecule has 1 aliphatic heterocycles. The van der Waals surface area contributed by atoms with Gasteiger partial charge in [0.25, 0.3) is 5.91 Å². The van der Waals surface area contributed by atoms with Gasteiger partial charge in [0.05, 0.1) is 6.10 Å². The molecule has 3 rings (SSSR count). The van der Waals surface area contributed by atoms with Crippen molar-refractivity contribution < 1.29 is 25.0 Å². The lowest BCUT2D eigenvalue weighted by Gasteiger charge is -2.42. The van der Waals surface area contributed by atoms with Gasteiger partial charge in [0.1, 0.15) is 11.5 Å². The van der Waals surface area contributed by atoms with E-state index in [9.17, 15) is 25.0 Å². The van der Waals surface area contributed by atoms with Gasteiger partial charge < -0.3 is 10.2 Å². The van der Waals surface area contributed by atoms with Crippen LogP contribution in [0, 0.1) is 5.41 Å². The molecule has 20 heavy (non-hydrogen) atoms. The summed E-state index contributed by atoms with van der Waals surface area (Å²) in [5.41, 5.74) is -2.81. The highest BCUT2D eigenvalue weighted by atomic mass is 16.5. The number of Topliss-reactive ketones (excluding diaryl/α,β-unsaturated/α-hetero) is 1. The van der Waals surface area contributed by atoms with Crippen LogP contribution in [0.4, 0.5) is 0 Å². The molecule has 112 valence electrons. The van der Waals surface area contributed by atoms with Crippen molar-refractivity contribution in [2.75, 3.05) is 0 Å². The molecule has 0 aromatic heterocycles. The maximum atomic E-state index is 12.9. The summed E-state index contributed by atoms with van der Waals surface area (Å²) in [6.07, 6.45) is 2.03. The maximum absolute atomic E-state index is 12.9. The molecule has 6 heteroatoms. The highest BCUT2D eigenvalue weighted by Crippen LogP contribution is 2.52. The fourth-order valence-corrected chi connectivity index (χ4v) is 4.27. The number of carbonyl (C=O) groups excluding carboxylic acids is 2. The van der Waals surface area contributed by atoms with Crippen LogP contribution < -0.4 is 0 Å². The molecule has 2 spiro atoms. The Morgan fingerprint density at radius 2 is 1.65 bits per heavy atom. The van der Waals surface area contributed by atoms with Crippen molar-refractivity contribution in [2.45, 2.75) is 69.1 Å². The van der Waals surface area contributed by atoms with Crippen LogP contribution >= 0.6 is 0 Å². The molecule has 0 bridgehead atoms. The monoisotopic (exact) mass is 283 g/mol. The van der Waals surface area contributed by atoms with Crippen LogP contribution in [0.2, 0.25) is 0 Å². The second-order valence-electron chi connectivity index (χ2n) is 6.42. The van der Waals surface area contributed by atoms with E-state index in [1.807, 2.05) is 0 Å². The van der Waals surface area contributed by atoms with E-state index in [-0.39, 0.29) is 12.2 Å². The molecule has 3 atom stereocenters. The molecule has 0 aromatic rings. The molecule has 3 N–H and O–H groups in total. The zero-order valence-corrected chi connectivity index (χ0v) is 11.4. The summed E-state index contributed by atoms with van der Waals surface area (Å²) in [6, 6.07) is 0. The third-order valence-corrected chi connectivity index (χ3v) is 5.43. The standard InChI is InChI=1S/C14H21NO5/c16-9-5-4-8-14(10(9)17)11(18)13(12(19)15(14)20)6-2-1-3-7-13/h9-10,16-17,20H,1-8H2/t9-,10-,14-/m0/s1. The molecular formula is C14H21NO5. The molecule has 1 heterocycles. The fraction of sp³-hybridized carbons (Fsp3) is 0.857. The van der Waals surface area contributed by atoms with Gasteiger partial charge in [0.15, 0.2) is 11.3 Å². The zero-order chi connectivity index (χ0) is 14.5. The third kappa shape index (κ3) is 1.50. The summed E-state index contributed by atoms with van der Waals surface area (Å²) in [6.45, 7) is 0. The maximum Gasteiger partial charge on any atom is 0.260 e. The summed E-state index contributed by atoms with van der Waals surface area (Å²) in [7, 11) is 0. The molecule has 6 nitrogen and oxygen atoms in total. The Morgan fingerprint density at radius 3 is 2.30 bits per heavy atom. The van der Waals surface area contributed by atoms with E-state index in [4.69, 9.17) is 0 Å². The smallest absolute Gasteiger partial charge is 0.260 e. The minimum Gasteiger partial charge on any atom is -0.390 e. The first-order valence-electron chi connectivity index (χ1n) is 7.41. The predicted octanol–water partition coefficient (Wildman–Crippen LogP) is 0.382. The number of ketones is 1. The Bertz CT molecular complexity index is 445. The minimum absolute atomic E-state index is 0.216. The minimum atomic E-state index is -1.63. The molecule has 3 fully saturated rings. The van der Waals surface area contributed by atoms with Crippen molar-refractivity contribution in [1.82, 2.24) is 5.06 Å². The van der Waals surface area contributed by atoms with Crippen molar-refractivity contribution in [3.63, 3.8) is 0 Å². The van der Waals surface area contributed by atoms with Crippen LogP contribution in [0.25, 0.3) is 0 Å². The first-order valence-corrected chi connectivity index (χ1v) is 7.41. The number of nitrogens with zero attached hydrogens (tertiary/aromatic N) is 1. The van der Waals surface area contributed by atoms with Crippen LogP contribution in [0.5, 0.6) is 0 Å². The van der Waals surface area contributed by atoms with Gasteiger partial charge in [0.2, 0.25) is 0 Å². The highest BCUT2D eigenvalue weighted by Gasteiger charge is 2.70. The second kappa shape index (κ2) is 4.51. The Morgan fingerprint density at radius 1 is 1.00 bits per heavy atom. The van der Waals surface area contributed by atoms with Gasteiger partial charge in [0, 0.05) is 0 Å². The number of hydrogen-bond donors (Lipinski definition) is 3. The van der Waals surface area contributed by atoms with Crippen LogP contribution in [-0.4, -0.2) is 49.9 Å². The van der Waals surface area contributed by atoms with Gasteiger partial charge in [-0.25, -0.2) is 5.06 Å². The lowest BCUT2D eigenvalue weighted by atomic mass is 9.65. The Hall–Kier alpha value is -0.980. The fourth-order valence-electron chi connectivity index (χ4n) is 4.27. The lowest BCUT2D eigenvalue weighted by Crippen LogP contribution is -2.63.